The Hall–Kier alpha value is -1.85. The van der Waals surface area contributed by atoms with E-state index in [4.69, 9.17) is 5.11 Å². The maximum absolute atomic E-state index is 13.2. The van der Waals surface area contributed by atoms with Crippen LogP contribution in [0.25, 0.3) is 0 Å². The Morgan fingerprint density at radius 2 is 2.13 bits per heavy atom. The molecule has 0 spiro atoms. The SMILES string of the molecule is COc1cc(F)c(CNC(=O)O)cc1F. The van der Waals surface area contributed by atoms with E-state index in [1.807, 2.05) is 5.32 Å². The van der Waals surface area contributed by atoms with Gasteiger partial charge in [0.15, 0.2) is 11.6 Å². The largest absolute Gasteiger partial charge is 0.494 e. The molecule has 0 saturated carbocycles. The molecule has 2 N–H and O–H groups in total. The van der Waals surface area contributed by atoms with Gasteiger partial charge in [0.2, 0.25) is 0 Å². The Morgan fingerprint density at radius 1 is 1.47 bits per heavy atom. The van der Waals surface area contributed by atoms with Crippen molar-refractivity contribution >= 4 is 6.09 Å². The molecular weight excluding hydrogens is 208 g/mol. The summed E-state index contributed by atoms with van der Waals surface area (Å²) >= 11 is 0. The second kappa shape index (κ2) is 4.59. The van der Waals surface area contributed by atoms with Crippen LogP contribution < -0.4 is 10.1 Å². The lowest BCUT2D eigenvalue weighted by Crippen LogP contribution is -2.20. The van der Waals surface area contributed by atoms with Crippen LogP contribution in [-0.2, 0) is 6.54 Å². The molecule has 0 radical (unpaired) electrons. The number of benzene rings is 1. The first-order chi connectivity index (χ1) is 7.04. The molecule has 82 valence electrons. The van der Waals surface area contributed by atoms with Gasteiger partial charge in [-0.15, -0.1) is 0 Å². The van der Waals surface area contributed by atoms with Gasteiger partial charge in [-0.05, 0) is 6.07 Å². The Bertz CT molecular complexity index is 382. The second-order valence-electron chi connectivity index (χ2n) is 2.74. The maximum Gasteiger partial charge on any atom is 0.404 e. The van der Waals surface area contributed by atoms with Gasteiger partial charge in [-0.25, -0.2) is 13.6 Å². The molecule has 1 aromatic carbocycles. The first kappa shape index (κ1) is 11.2. The number of halogens is 2. The molecule has 1 rings (SSSR count). The summed E-state index contributed by atoms with van der Waals surface area (Å²) in [5, 5.41) is 10.2. The summed E-state index contributed by atoms with van der Waals surface area (Å²) in [6.45, 7) is -0.290. The van der Waals surface area contributed by atoms with Gasteiger partial charge in [0.1, 0.15) is 5.82 Å². The van der Waals surface area contributed by atoms with E-state index in [0.717, 1.165) is 12.1 Å². The maximum atomic E-state index is 13.2. The smallest absolute Gasteiger partial charge is 0.404 e. The average molecular weight is 217 g/mol. The van der Waals surface area contributed by atoms with Crippen LogP contribution >= 0.6 is 0 Å². The molecule has 0 unspecified atom stereocenters. The highest BCUT2D eigenvalue weighted by Gasteiger charge is 2.10. The van der Waals surface area contributed by atoms with Crippen molar-refractivity contribution in [3.05, 3.63) is 29.3 Å². The van der Waals surface area contributed by atoms with Crippen molar-refractivity contribution in [2.24, 2.45) is 0 Å². The molecule has 1 aromatic rings. The van der Waals surface area contributed by atoms with Crippen molar-refractivity contribution in [3.8, 4) is 5.75 Å². The third-order valence-corrected chi connectivity index (χ3v) is 1.75. The van der Waals surface area contributed by atoms with Gasteiger partial charge in [-0.3, -0.25) is 0 Å². The normalized spacial score (nSPS) is 9.80. The molecule has 0 aliphatic heterocycles. The predicted molar refractivity (Wildman–Crippen MR) is 47.8 cm³/mol. The number of nitrogens with one attached hydrogen (secondary N) is 1. The van der Waals surface area contributed by atoms with Crippen molar-refractivity contribution in [3.63, 3.8) is 0 Å². The van der Waals surface area contributed by atoms with Crippen molar-refractivity contribution in [1.82, 2.24) is 5.32 Å². The Morgan fingerprint density at radius 3 is 2.67 bits per heavy atom. The van der Waals surface area contributed by atoms with Crippen LogP contribution in [-0.4, -0.2) is 18.3 Å². The van der Waals surface area contributed by atoms with E-state index in [1.54, 1.807) is 0 Å². The van der Waals surface area contributed by atoms with Gasteiger partial charge in [0.05, 0.1) is 7.11 Å². The highest BCUT2D eigenvalue weighted by atomic mass is 19.1. The van der Waals surface area contributed by atoms with Crippen LogP contribution in [0.1, 0.15) is 5.56 Å². The zero-order valence-corrected chi connectivity index (χ0v) is 7.88. The van der Waals surface area contributed by atoms with E-state index >= 15 is 0 Å². The number of rotatable bonds is 3. The zero-order valence-electron chi connectivity index (χ0n) is 7.88. The second-order valence-corrected chi connectivity index (χ2v) is 2.74. The van der Waals surface area contributed by atoms with Crippen molar-refractivity contribution in [2.45, 2.75) is 6.54 Å². The quantitative estimate of drug-likeness (QED) is 0.810. The monoisotopic (exact) mass is 217 g/mol. The van der Waals surface area contributed by atoms with Crippen molar-refractivity contribution in [1.29, 1.82) is 0 Å². The number of carbonyl (C=O) groups is 1. The summed E-state index contributed by atoms with van der Waals surface area (Å²) in [5.41, 5.74) is -0.0734. The fraction of sp³-hybridized carbons (Fsp3) is 0.222. The zero-order chi connectivity index (χ0) is 11.4. The summed E-state index contributed by atoms with van der Waals surface area (Å²) in [4.78, 5) is 10.1. The number of carboxylic acid groups (broad SMARTS) is 1. The standard InChI is InChI=1S/C9H9F2NO3/c1-15-8-3-6(10)5(2-7(8)11)4-12-9(13)14/h2-3,12H,4H2,1H3,(H,13,14). The lowest BCUT2D eigenvalue weighted by Gasteiger charge is -2.06. The average Bonchev–Trinajstić information content (AvgIpc) is 2.18. The van der Waals surface area contributed by atoms with Crippen LogP contribution in [0.3, 0.4) is 0 Å². The van der Waals surface area contributed by atoms with Crippen LogP contribution in [0.2, 0.25) is 0 Å². The fourth-order valence-corrected chi connectivity index (χ4v) is 1.03. The van der Waals surface area contributed by atoms with Gasteiger partial charge in [-0.2, -0.15) is 0 Å². The molecule has 0 saturated heterocycles. The van der Waals surface area contributed by atoms with Gasteiger partial charge >= 0.3 is 6.09 Å². The molecule has 0 bridgehead atoms. The lowest BCUT2D eigenvalue weighted by atomic mass is 10.2. The molecule has 0 aliphatic rings. The minimum Gasteiger partial charge on any atom is -0.494 e. The summed E-state index contributed by atoms with van der Waals surface area (Å²) in [6, 6.07) is 1.76. The molecule has 4 nitrogen and oxygen atoms in total. The number of hydrogen-bond donors (Lipinski definition) is 2. The van der Waals surface area contributed by atoms with Gasteiger partial charge in [0.25, 0.3) is 0 Å². The summed E-state index contributed by atoms with van der Waals surface area (Å²) in [7, 11) is 1.22. The molecule has 15 heavy (non-hydrogen) atoms. The third-order valence-electron chi connectivity index (χ3n) is 1.75. The Balaban J connectivity index is 2.90. The molecule has 0 atom stereocenters. The van der Waals surface area contributed by atoms with E-state index < -0.39 is 17.7 Å². The number of ether oxygens (including phenoxy) is 1. The van der Waals surface area contributed by atoms with Crippen LogP contribution in [0, 0.1) is 11.6 Å². The fourth-order valence-electron chi connectivity index (χ4n) is 1.03. The molecule has 6 heteroatoms. The first-order valence-electron chi connectivity index (χ1n) is 4.03. The lowest BCUT2D eigenvalue weighted by molar-refractivity contribution is 0.194. The van der Waals surface area contributed by atoms with Crippen LogP contribution in [0.4, 0.5) is 13.6 Å². The van der Waals surface area contributed by atoms with Gasteiger partial charge in [0, 0.05) is 18.2 Å². The molecule has 0 fully saturated rings. The first-order valence-corrected chi connectivity index (χ1v) is 4.03. The minimum atomic E-state index is -1.30. The molecular formula is C9H9F2NO3. The minimum absolute atomic E-state index is 0.0734. The highest BCUT2D eigenvalue weighted by Crippen LogP contribution is 2.20. The molecule has 0 aliphatic carbocycles. The summed E-state index contributed by atoms with van der Waals surface area (Å²) in [5.74, 6) is -1.67. The number of amides is 1. The number of methoxy groups -OCH3 is 1. The van der Waals surface area contributed by atoms with E-state index in [0.29, 0.717) is 0 Å². The number of hydrogen-bond acceptors (Lipinski definition) is 2. The third kappa shape index (κ3) is 2.80. The predicted octanol–water partition coefficient (Wildman–Crippen LogP) is 1.74. The highest BCUT2D eigenvalue weighted by molar-refractivity contribution is 5.64. The van der Waals surface area contributed by atoms with Crippen molar-refractivity contribution < 1.29 is 23.4 Å². The Labute approximate surface area is 84.5 Å². The van der Waals surface area contributed by atoms with Gasteiger partial charge < -0.3 is 15.2 Å². The van der Waals surface area contributed by atoms with Crippen LogP contribution in [0.5, 0.6) is 5.75 Å². The van der Waals surface area contributed by atoms with Crippen LogP contribution in [0.15, 0.2) is 12.1 Å². The molecule has 0 heterocycles. The molecule has 1 amide bonds. The van der Waals surface area contributed by atoms with Gasteiger partial charge in [-0.1, -0.05) is 0 Å². The van der Waals surface area contributed by atoms with E-state index in [-0.39, 0.29) is 17.9 Å². The van der Waals surface area contributed by atoms with E-state index in [1.165, 1.54) is 7.11 Å². The topological polar surface area (TPSA) is 58.6 Å². The van der Waals surface area contributed by atoms with Crippen molar-refractivity contribution in [2.75, 3.05) is 7.11 Å². The van der Waals surface area contributed by atoms with E-state index in [2.05, 4.69) is 4.74 Å². The molecule has 0 aromatic heterocycles. The van der Waals surface area contributed by atoms with E-state index in [9.17, 15) is 13.6 Å². The summed E-state index contributed by atoms with van der Waals surface area (Å²) < 4.78 is 30.8. The Kier molecular flexibility index (Phi) is 3.43. The summed E-state index contributed by atoms with van der Waals surface area (Å²) in [6.07, 6.45) is -1.30.